The van der Waals surface area contributed by atoms with E-state index in [0.717, 1.165) is 25.8 Å². The summed E-state index contributed by atoms with van der Waals surface area (Å²) < 4.78 is 0. The second-order valence-electron chi connectivity index (χ2n) is 4.28. The zero-order valence-corrected chi connectivity index (χ0v) is 9.29. The van der Waals surface area contributed by atoms with Gasteiger partial charge in [0.25, 0.3) is 0 Å². The van der Waals surface area contributed by atoms with Crippen LogP contribution in [0, 0.1) is 0 Å². The molecule has 0 aromatic heterocycles. The van der Waals surface area contributed by atoms with Gasteiger partial charge in [-0.2, -0.15) is 0 Å². The molecule has 0 amide bonds. The Kier molecular flexibility index (Phi) is 3.08. The normalized spacial score (nSPS) is 24.9. The van der Waals surface area contributed by atoms with Crippen molar-refractivity contribution in [3.63, 3.8) is 0 Å². The van der Waals surface area contributed by atoms with E-state index < -0.39 is 0 Å². The smallest absolute Gasteiger partial charge is 0.0671 e. The molecule has 0 aliphatic heterocycles. The lowest BCUT2D eigenvalue weighted by atomic mass is 9.77. The van der Waals surface area contributed by atoms with Gasteiger partial charge in [-0.05, 0) is 36.9 Å². The molecule has 15 heavy (non-hydrogen) atoms. The zero-order valence-electron chi connectivity index (χ0n) is 9.29. The van der Waals surface area contributed by atoms with E-state index in [1.807, 2.05) is 0 Å². The fraction of sp³-hybridized carbons (Fsp3) is 0.538. The van der Waals surface area contributed by atoms with Crippen LogP contribution in [0.1, 0.15) is 30.9 Å². The molecule has 82 valence electrons. The van der Waals surface area contributed by atoms with Crippen LogP contribution in [0.25, 0.3) is 0 Å². The maximum atomic E-state index is 9.66. The Bertz CT molecular complexity index is 337. The summed E-state index contributed by atoms with van der Waals surface area (Å²) in [5.41, 5.74) is 2.49. The molecule has 1 atom stereocenters. The molecule has 0 saturated carbocycles. The van der Waals surface area contributed by atoms with Gasteiger partial charge in [-0.15, -0.1) is 0 Å². The van der Waals surface area contributed by atoms with Gasteiger partial charge in [0.05, 0.1) is 12.1 Å². The molecule has 1 aromatic carbocycles. The second-order valence-corrected chi connectivity index (χ2v) is 4.28. The predicted molar refractivity (Wildman–Crippen MR) is 61.8 cm³/mol. The molecule has 2 N–H and O–H groups in total. The van der Waals surface area contributed by atoms with Crippen LogP contribution in [0.4, 0.5) is 0 Å². The number of rotatable bonds is 3. The van der Waals surface area contributed by atoms with E-state index in [1.54, 1.807) is 0 Å². The largest absolute Gasteiger partial charge is 0.394 e. The Morgan fingerprint density at radius 2 is 2.20 bits per heavy atom. The Morgan fingerprint density at radius 3 is 2.93 bits per heavy atom. The van der Waals surface area contributed by atoms with Crippen molar-refractivity contribution in [1.82, 2.24) is 5.32 Å². The van der Waals surface area contributed by atoms with Crippen molar-refractivity contribution in [3.8, 4) is 0 Å². The number of benzene rings is 1. The Hall–Kier alpha value is -0.860. The fourth-order valence-electron chi connectivity index (χ4n) is 2.66. The average molecular weight is 205 g/mol. The van der Waals surface area contributed by atoms with Crippen LogP contribution in [0.15, 0.2) is 24.3 Å². The number of aliphatic hydroxyl groups is 1. The van der Waals surface area contributed by atoms with Crippen molar-refractivity contribution in [2.24, 2.45) is 0 Å². The molecule has 0 radical (unpaired) electrons. The number of hydrogen-bond donors (Lipinski definition) is 2. The molecule has 1 unspecified atom stereocenters. The van der Waals surface area contributed by atoms with Crippen LogP contribution in [0.3, 0.4) is 0 Å². The number of aliphatic hydroxyl groups excluding tert-OH is 1. The van der Waals surface area contributed by atoms with Gasteiger partial charge in [0.15, 0.2) is 0 Å². The quantitative estimate of drug-likeness (QED) is 0.789. The summed E-state index contributed by atoms with van der Waals surface area (Å²) in [6, 6.07) is 8.47. The molecule has 0 fully saturated rings. The van der Waals surface area contributed by atoms with E-state index in [0.29, 0.717) is 0 Å². The van der Waals surface area contributed by atoms with Crippen molar-refractivity contribution in [2.75, 3.05) is 13.2 Å². The number of likely N-dealkylation sites (N-methyl/N-ethyl adjacent to an activating group) is 1. The lowest BCUT2D eigenvalue weighted by Gasteiger charge is -2.38. The van der Waals surface area contributed by atoms with Gasteiger partial charge in [-0.1, -0.05) is 31.2 Å². The number of hydrogen-bond acceptors (Lipinski definition) is 2. The van der Waals surface area contributed by atoms with Crippen LogP contribution >= 0.6 is 0 Å². The molecule has 2 nitrogen and oxygen atoms in total. The number of aryl methyl sites for hydroxylation is 1. The van der Waals surface area contributed by atoms with Crippen LogP contribution in [0.5, 0.6) is 0 Å². The standard InChI is InChI=1S/C13H19NO/c1-2-14-13(10-15)9-5-7-11-6-3-4-8-12(11)13/h3-4,6,8,14-15H,2,5,7,9-10H2,1H3. The molecule has 0 spiro atoms. The van der Waals surface area contributed by atoms with E-state index in [1.165, 1.54) is 11.1 Å². The van der Waals surface area contributed by atoms with E-state index in [4.69, 9.17) is 0 Å². The first-order valence-corrected chi connectivity index (χ1v) is 5.76. The van der Waals surface area contributed by atoms with Gasteiger partial charge in [0.1, 0.15) is 0 Å². The maximum absolute atomic E-state index is 9.66. The first-order chi connectivity index (χ1) is 7.32. The lowest BCUT2D eigenvalue weighted by Crippen LogP contribution is -2.47. The van der Waals surface area contributed by atoms with E-state index in [9.17, 15) is 5.11 Å². The summed E-state index contributed by atoms with van der Waals surface area (Å²) in [5, 5.41) is 13.1. The van der Waals surface area contributed by atoms with Gasteiger partial charge in [0, 0.05) is 0 Å². The van der Waals surface area contributed by atoms with Gasteiger partial charge < -0.3 is 10.4 Å². The van der Waals surface area contributed by atoms with E-state index in [2.05, 4.69) is 36.5 Å². The third-order valence-corrected chi connectivity index (χ3v) is 3.37. The average Bonchev–Trinajstić information content (AvgIpc) is 2.30. The summed E-state index contributed by atoms with van der Waals surface area (Å²) in [6.07, 6.45) is 3.34. The molecular weight excluding hydrogens is 186 g/mol. The topological polar surface area (TPSA) is 32.3 Å². The van der Waals surface area contributed by atoms with Gasteiger partial charge >= 0.3 is 0 Å². The minimum absolute atomic E-state index is 0.191. The summed E-state index contributed by atoms with van der Waals surface area (Å²) in [4.78, 5) is 0. The Labute approximate surface area is 91.3 Å². The third-order valence-electron chi connectivity index (χ3n) is 3.37. The molecule has 0 heterocycles. The zero-order chi connectivity index (χ0) is 10.7. The maximum Gasteiger partial charge on any atom is 0.0671 e. The van der Waals surface area contributed by atoms with Crippen molar-refractivity contribution in [3.05, 3.63) is 35.4 Å². The van der Waals surface area contributed by atoms with Crippen molar-refractivity contribution < 1.29 is 5.11 Å². The minimum Gasteiger partial charge on any atom is -0.394 e. The van der Waals surface area contributed by atoms with Crippen LogP contribution in [-0.4, -0.2) is 18.3 Å². The first-order valence-electron chi connectivity index (χ1n) is 5.76. The SMILES string of the molecule is CCNC1(CO)CCCc2ccccc21. The van der Waals surface area contributed by atoms with Gasteiger partial charge in [0.2, 0.25) is 0 Å². The van der Waals surface area contributed by atoms with E-state index >= 15 is 0 Å². The molecule has 2 heteroatoms. The summed E-state index contributed by atoms with van der Waals surface area (Å²) >= 11 is 0. The Morgan fingerprint density at radius 1 is 1.40 bits per heavy atom. The van der Waals surface area contributed by atoms with Crippen LogP contribution in [-0.2, 0) is 12.0 Å². The van der Waals surface area contributed by atoms with Crippen molar-refractivity contribution in [1.29, 1.82) is 0 Å². The predicted octanol–water partition coefficient (Wildman–Crippen LogP) is 1.82. The minimum atomic E-state index is -0.191. The molecule has 0 bridgehead atoms. The first kappa shape index (κ1) is 10.7. The molecule has 0 saturated heterocycles. The fourth-order valence-corrected chi connectivity index (χ4v) is 2.66. The molecule has 1 aliphatic carbocycles. The Balaban J connectivity index is 2.42. The highest BCUT2D eigenvalue weighted by molar-refractivity contribution is 5.36. The third kappa shape index (κ3) is 1.80. The molecule has 1 aromatic rings. The molecule has 2 rings (SSSR count). The van der Waals surface area contributed by atoms with Crippen LogP contribution in [0.2, 0.25) is 0 Å². The number of fused-ring (bicyclic) bond motifs is 1. The molecule has 1 aliphatic rings. The highest BCUT2D eigenvalue weighted by Gasteiger charge is 2.34. The van der Waals surface area contributed by atoms with E-state index in [-0.39, 0.29) is 12.1 Å². The van der Waals surface area contributed by atoms with Gasteiger partial charge in [-0.25, -0.2) is 0 Å². The lowest BCUT2D eigenvalue weighted by molar-refractivity contribution is 0.144. The summed E-state index contributed by atoms with van der Waals surface area (Å²) in [6.45, 7) is 3.18. The highest BCUT2D eigenvalue weighted by atomic mass is 16.3. The van der Waals surface area contributed by atoms with Crippen molar-refractivity contribution >= 4 is 0 Å². The molecular formula is C13H19NO. The summed E-state index contributed by atoms with van der Waals surface area (Å²) in [5.74, 6) is 0. The highest BCUT2D eigenvalue weighted by Crippen LogP contribution is 2.34. The van der Waals surface area contributed by atoms with Crippen molar-refractivity contribution in [2.45, 2.75) is 31.7 Å². The van der Waals surface area contributed by atoms with Crippen LogP contribution < -0.4 is 5.32 Å². The van der Waals surface area contributed by atoms with Gasteiger partial charge in [-0.3, -0.25) is 0 Å². The monoisotopic (exact) mass is 205 g/mol. The second kappa shape index (κ2) is 4.33. The summed E-state index contributed by atoms with van der Waals surface area (Å²) in [7, 11) is 0. The number of nitrogens with one attached hydrogen (secondary N) is 1.